The quantitative estimate of drug-likeness (QED) is 0.183. The van der Waals surface area contributed by atoms with Crippen LogP contribution in [0, 0.1) is 35.5 Å². The van der Waals surface area contributed by atoms with Gasteiger partial charge < -0.3 is 14.0 Å². The number of rotatable bonds is 8. The normalized spacial score (nSPS) is 28.8. The first-order valence-electron chi connectivity index (χ1n) is 15.2. The van der Waals surface area contributed by atoms with Gasteiger partial charge in [-0.2, -0.15) is 0 Å². The molecule has 3 aliphatic carbocycles. The van der Waals surface area contributed by atoms with E-state index in [-0.39, 0.29) is 34.6 Å². The summed E-state index contributed by atoms with van der Waals surface area (Å²) >= 11 is 0. The number of aliphatic carboxylic acids is 1. The fraction of sp³-hybridized carbons (Fsp3) is 0.844. The van der Waals surface area contributed by atoms with Crippen LogP contribution in [-0.2, 0) is 13.6 Å². The molecule has 0 amide bonds. The maximum absolute atomic E-state index is 11.0. The van der Waals surface area contributed by atoms with Crippen molar-refractivity contribution >= 4 is 22.6 Å². The van der Waals surface area contributed by atoms with Gasteiger partial charge in [0.25, 0.3) is 0 Å². The molecule has 38 heavy (non-hydrogen) atoms. The molecule has 0 aromatic rings. The van der Waals surface area contributed by atoms with Gasteiger partial charge in [-0.1, -0.05) is 77.9 Å². The Morgan fingerprint density at radius 3 is 2.16 bits per heavy atom. The smallest absolute Gasteiger partial charge is 0.303 e. The summed E-state index contributed by atoms with van der Waals surface area (Å²) in [5, 5.41) is 9.41. The van der Waals surface area contributed by atoms with E-state index in [4.69, 9.17) is 14.0 Å². The van der Waals surface area contributed by atoms with Crippen molar-refractivity contribution in [2.75, 3.05) is 0 Å². The zero-order valence-electron chi connectivity index (χ0n) is 26.1. The van der Waals surface area contributed by atoms with Gasteiger partial charge in [-0.05, 0) is 92.5 Å². The minimum Gasteiger partial charge on any atom is -0.481 e. The summed E-state index contributed by atoms with van der Waals surface area (Å²) in [6.45, 7) is 23.4. The molecule has 2 unspecified atom stereocenters. The molecule has 0 aromatic carbocycles. The van der Waals surface area contributed by atoms with Crippen molar-refractivity contribution < 1.29 is 18.8 Å². The second-order valence-corrected chi connectivity index (χ2v) is 24.9. The zero-order chi connectivity index (χ0) is 28.5. The second kappa shape index (κ2) is 11.9. The number of carbonyl (C=O) groups is 1. The summed E-state index contributed by atoms with van der Waals surface area (Å²) in [5.41, 5.74) is 1.46. The molecule has 3 fully saturated rings. The predicted molar refractivity (Wildman–Crippen MR) is 163 cm³/mol. The topological polar surface area (TPSA) is 55.8 Å². The minimum absolute atomic E-state index is 0.0259. The average Bonchev–Trinajstić information content (AvgIpc) is 3.28. The number of hydrogen-bond donors (Lipinski definition) is 1. The number of carboxylic acids is 1. The highest BCUT2D eigenvalue weighted by Gasteiger charge is 2.50. The molecule has 6 heteroatoms. The molecule has 0 saturated heterocycles. The molecule has 216 valence electrons. The van der Waals surface area contributed by atoms with E-state index in [1.807, 2.05) is 0 Å². The van der Waals surface area contributed by atoms with Gasteiger partial charge in [0.1, 0.15) is 6.10 Å². The largest absolute Gasteiger partial charge is 0.481 e. The van der Waals surface area contributed by atoms with Crippen molar-refractivity contribution in [2.45, 2.75) is 148 Å². The maximum Gasteiger partial charge on any atom is 0.303 e. The first kappa shape index (κ1) is 31.6. The van der Waals surface area contributed by atoms with Crippen LogP contribution in [0.1, 0.15) is 99.3 Å². The van der Waals surface area contributed by atoms with Gasteiger partial charge in [-0.3, -0.25) is 4.79 Å². The van der Waals surface area contributed by atoms with Gasteiger partial charge in [0.05, 0.1) is 6.10 Å². The second-order valence-electron chi connectivity index (χ2n) is 15.3. The highest BCUT2D eigenvalue weighted by atomic mass is 28.4. The predicted octanol–water partition coefficient (Wildman–Crippen LogP) is 8.80. The summed E-state index contributed by atoms with van der Waals surface area (Å²) in [5.74, 6) is 8.73. The van der Waals surface area contributed by atoms with Crippen molar-refractivity contribution in [3.63, 3.8) is 0 Å². The van der Waals surface area contributed by atoms with Crippen LogP contribution in [0.2, 0.25) is 36.3 Å². The van der Waals surface area contributed by atoms with Crippen molar-refractivity contribution in [1.82, 2.24) is 0 Å². The fourth-order valence-corrected chi connectivity index (χ4v) is 8.55. The Bertz CT molecular complexity index is 922. The molecule has 1 N–H and O–H groups in total. The Hall–Kier alpha value is -0.876. The minimum atomic E-state index is -1.94. The van der Waals surface area contributed by atoms with Gasteiger partial charge in [0, 0.05) is 12.3 Å². The molecule has 3 saturated carbocycles. The Kier molecular flexibility index (Phi) is 9.93. The highest BCUT2D eigenvalue weighted by molar-refractivity contribution is 6.74. The van der Waals surface area contributed by atoms with E-state index in [1.54, 1.807) is 0 Å². The summed E-state index contributed by atoms with van der Waals surface area (Å²) in [6, 6.07) is 0. The summed E-state index contributed by atoms with van der Waals surface area (Å²) < 4.78 is 14.1. The molecule has 0 aromatic heterocycles. The van der Waals surface area contributed by atoms with E-state index in [0.717, 1.165) is 19.3 Å². The third-order valence-electron chi connectivity index (χ3n) is 10.6. The third kappa shape index (κ3) is 7.44. The number of carboxylic acid groups (broad SMARTS) is 1. The van der Waals surface area contributed by atoms with Crippen LogP contribution in [0.25, 0.3) is 0 Å². The van der Waals surface area contributed by atoms with Gasteiger partial charge in [-0.25, -0.2) is 0 Å². The number of allylic oxidation sites excluding steroid dienone is 2. The lowest BCUT2D eigenvalue weighted by molar-refractivity contribution is -0.136. The lowest BCUT2D eigenvalue weighted by Gasteiger charge is -2.52. The van der Waals surface area contributed by atoms with E-state index in [2.05, 4.69) is 85.6 Å². The molecule has 0 bridgehead atoms. The monoisotopic (exact) mass is 560 g/mol. The Morgan fingerprint density at radius 1 is 1.00 bits per heavy atom. The third-order valence-corrected chi connectivity index (χ3v) is 19.5. The van der Waals surface area contributed by atoms with Crippen LogP contribution in [0.3, 0.4) is 0 Å². The molecule has 5 atom stereocenters. The highest BCUT2D eigenvalue weighted by Crippen LogP contribution is 2.53. The molecule has 4 nitrogen and oxygen atoms in total. The van der Waals surface area contributed by atoms with Gasteiger partial charge >= 0.3 is 5.97 Å². The summed E-state index contributed by atoms with van der Waals surface area (Å²) in [6.07, 6.45) is 11.5. The van der Waals surface area contributed by atoms with Crippen LogP contribution in [0.15, 0.2) is 11.6 Å². The fourth-order valence-electron chi connectivity index (χ4n) is 5.94. The van der Waals surface area contributed by atoms with E-state index >= 15 is 0 Å². The average molecular weight is 561 g/mol. The molecule has 0 heterocycles. The van der Waals surface area contributed by atoms with Crippen molar-refractivity contribution in [3.05, 3.63) is 11.6 Å². The van der Waals surface area contributed by atoms with Crippen LogP contribution in [-0.4, -0.2) is 39.9 Å². The molecule has 3 aliphatic rings. The molecular formula is C32H56O4Si2. The Balaban J connectivity index is 1.89. The zero-order valence-corrected chi connectivity index (χ0v) is 28.1. The Morgan fingerprint density at radius 2 is 1.61 bits per heavy atom. The van der Waals surface area contributed by atoms with Crippen LogP contribution in [0.5, 0.6) is 0 Å². The first-order chi connectivity index (χ1) is 17.4. The first-order valence-corrected chi connectivity index (χ1v) is 21.0. The van der Waals surface area contributed by atoms with E-state index < -0.39 is 22.6 Å². The van der Waals surface area contributed by atoms with Crippen molar-refractivity contribution in [2.24, 2.45) is 23.7 Å². The van der Waals surface area contributed by atoms with Crippen molar-refractivity contribution in [3.8, 4) is 11.8 Å². The molecule has 3 rings (SSSR count). The molecule has 0 aliphatic heterocycles. The summed E-state index contributed by atoms with van der Waals surface area (Å²) in [4.78, 5) is 11.0. The molecule has 0 radical (unpaired) electrons. The lowest BCUT2D eigenvalue weighted by atomic mass is 9.57. The van der Waals surface area contributed by atoms with Crippen LogP contribution >= 0.6 is 0 Å². The Labute approximate surface area is 236 Å². The van der Waals surface area contributed by atoms with E-state index in [9.17, 15) is 4.79 Å². The van der Waals surface area contributed by atoms with E-state index in [1.165, 1.54) is 31.3 Å². The maximum atomic E-state index is 11.0. The number of hydrogen-bond acceptors (Lipinski definition) is 3. The van der Waals surface area contributed by atoms with Gasteiger partial charge in [0.15, 0.2) is 16.6 Å². The van der Waals surface area contributed by atoms with Gasteiger partial charge in [-0.15, -0.1) is 0 Å². The molecule has 0 spiro atoms. The summed E-state index contributed by atoms with van der Waals surface area (Å²) in [7, 11) is -3.87. The number of fused-ring (bicyclic) bond motifs is 1. The standard InChI is InChI=1S/C32H56O4Si2/c1-31(2,3)37(7,8)35-28(23-14-11-12-15-23)20-19-26-27-22-24(16-13-17-30(33)34)25(27)18-21-29(26)36-38(9,10)32(4,5)6/h16,23,25-29H,11-15,17-18,21-22H2,1-10H3,(H,33,34)/b24-16-/t25-,26?,27+,28?,29-/m1/s1. The van der Waals surface area contributed by atoms with Crippen molar-refractivity contribution in [1.29, 1.82) is 0 Å². The SMILES string of the molecule is CC(C)(C)[Si](C)(C)OC(C#CC1[C@H]2C/C(=C/CCC(=O)O)[C@H]2CC[C@H]1O[Si](C)(C)C(C)(C)C)C1CCCC1. The van der Waals surface area contributed by atoms with Gasteiger partial charge in [0.2, 0.25) is 0 Å². The van der Waals surface area contributed by atoms with Crippen LogP contribution in [0.4, 0.5) is 0 Å². The van der Waals surface area contributed by atoms with E-state index in [0.29, 0.717) is 24.2 Å². The van der Waals surface area contributed by atoms with Crippen LogP contribution < -0.4 is 0 Å². The lowest BCUT2D eigenvalue weighted by Crippen LogP contribution is -2.51. The molecular weight excluding hydrogens is 505 g/mol.